The van der Waals surface area contributed by atoms with E-state index < -0.39 is 0 Å². The van der Waals surface area contributed by atoms with Gasteiger partial charge in [-0.1, -0.05) is 36.4 Å². The number of benzene rings is 2. The van der Waals surface area contributed by atoms with Crippen LogP contribution in [-0.4, -0.2) is 55.0 Å². The molecule has 4 rings (SSSR count). The summed E-state index contributed by atoms with van der Waals surface area (Å²) >= 11 is 0. The van der Waals surface area contributed by atoms with E-state index in [0.717, 1.165) is 36.5 Å². The summed E-state index contributed by atoms with van der Waals surface area (Å²) in [6.07, 6.45) is 4.86. The Morgan fingerprint density at radius 2 is 1.78 bits per heavy atom. The monoisotopic (exact) mass is 437 g/mol. The van der Waals surface area contributed by atoms with E-state index in [2.05, 4.69) is 50.9 Å². The molecule has 0 amide bonds. The quantitative estimate of drug-likeness (QED) is 0.512. The molecule has 2 atom stereocenters. The van der Waals surface area contributed by atoms with Gasteiger partial charge in [0, 0.05) is 50.4 Å². The van der Waals surface area contributed by atoms with Gasteiger partial charge in [0.15, 0.2) is 5.96 Å². The van der Waals surface area contributed by atoms with Gasteiger partial charge in [0.25, 0.3) is 0 Å². The number of rotatable bonds is 7. The van der Waals surface area contributed by atoms with Gasteiger partial charge < -0.3 is 15.5 Å². The molecule has 2 aliphatic heterocycles. The summed E-state index contributed by atoms with van der Waals surface area (Å²) in [7, 11) is 5.72. The Hall–Kier alpha value is -2.44. The van der Waals surface area contributed by atoms with Crippen molar-refractivity contribution < 1.29 is 4.39 Å². The smallest absolute Gasteiger partial charge is 0.191 e. The molecule has 0 saturated carbocycles. The molecule has 2 bridgehead atoms. The van der Waals surface area contributed by atoms with Crippen LogP contribution in [0.25, 0.3) is 0 Å². The molecule has 6 heteroatoms. The van der Waals surface area contributed by atoms with Gasteiger partial charge in [-0.25, -0.2) is 4.39 Å². The van der Waals surface area contributed by atoms with Crippen LogP contribution in [0.4, 0.5) is 4.39 Å². The highest BCUT2D eigenvalue weighted by molar-refractivity contribution is 5.80. The highest BCUT2D eigenvalue weighted by atomic mass is 19.1. The van der Waals surface area contributed by atoms with Crippen LogP contribution in [0.15, 0.2) is 53.5 Å². The number of nitrogens with one attached hydrogen (secondary N) is 2. The van der Waals surface area contributed by atoms with Gasteiger partial charge in [0.05, 0.1) is 0 Å². The Bertz CT molecular complexity index is 900. The number of fused-ring (bicyclic) bond motifs is 2. The standard InChI is InChI=1S/C26H36FN5/c1-28-26(29-16-20-9-12-25(27)21(13-20)18-31(2)3)30-22-14-23-10-11-24(15-22)32(23)17-19-7-5-4-6-8-19/h4-9,12-13,22-24H,10-11,14-18H2,1-3H3,(H2,28,29,30). The van der Waals surface area contributed by atoms with Crippen LogP contribution < -0.4 is 10.6 Å². The van der Waals surface area contributed by atoms with Crippen molar-refractivity contribution in [2.75, 3.05) is 21.1 Å². The maximum absolute atomic E-state index is 14.1. The van der Waals surface area contributed by atoms with Crippen molar-refractivity contribution in [2.24, 2.45) is 4.99 Å². The summed E-state index contributed by atoms with van der Waals surface area (Å²) in [6.45, 7) is 2.27. The summed E-state index contributed by atoms with van der Waals surface area (Å²) in [5, 5.41) is 7.07. The van der Waals surface area contributed by atoms with Crippen molar-refractivity contribution in [1.82, 2.24) is 20.4 Å². The van der Waals surface area contributed by atoms with Crippen LogP contribution in [0, 0.1) is 5.82 Å². The van der Waals surface area contributed by atoms with Crippen molar-refractivity contribution in [3.63, 3.8) is 0 Å². The van der Waals surface area contributed by atoms with Crippen LogP contribution in [0.3, 0.4) is 0 Å². The molecule has 32 heavy (non-hydrogen) atoms. The van der Waals surface area contributed by atoms with E-state index in [0.29, 0.717) is 31.2 Å². The minimum Gasteiger partial charge on any atom is -0.354 e. The third-order valence-corrected chi connectivity index (χ3v) is 6.71. The van der Waals surface area contributed by atoms with Crippen molar-refractivity contribution in [3.05, 3.63) is 71.0 Å². The van der Waals surface area contributed by atoms with Gasteiger partial charge in [-0.2, -0.15) is 0 Å². The third kappa shape index (κ3) is 5.67. The van der Waals surface area contributed by atoms with Crippen LogP contribution >= 0.6 is 0 Å². The molecule has 0 spiro atoms. The Morgan fingerprint density at radius 3 is 2.44 bits per heavy atom. The molecule has 5 nitrogen and oxygen atoms in total. The number of hydrogen-bond donors (Lipinski definition) is 2. The summed E-state index contributed by atoms with van der Waals surface area (Å²) in [4.78, 5) is 9.12. The van der Waals surface area contributed by atoms with Crippen LogP contribution in [0.2, 0.25) is 0 Å². The van der Waals surface area contributed by atoms with Crippen molar-refractivity contribution in [1.29, 1.82) is 0 Å². The third-order valence-electron chi connectivity index (χ3n) is 6.71. The van der Waals surface area contributed by atoms with Crippen molar-refractivity contribution in [3.8, 4) is 0 Å². The first-order valence-electron chi connectivity index (χ1n) is 11.7. The predicted octanol–water partition coefficient (Wildman–Crippen LogP) is 3.75. The fourth-order valence-corrected chi connectivity index (χ4v) is 5.22. The summed E-state index contributed by atoms with van der Waals surface area (Å²) in [5.41, 5.74) is 3.18. The topological polar surface area (TPSA) is 42.9 Å². The van der Waals surface area contributed by atoms with E-state index in [9.17, 15) is 4.39 Å². The maximum Gasteiger partial charge on any atom is 0.191 e. The van der Waals surface area contributed by atoms with Crippen molar-refractivity contribution >= 4 is 5.96 Å². The van der Waals surface area contributed by atoms with Crippen LogP contribution in [-0.2, 0) is 19.6 Å². The van der Waals surface area contributed by atoms with Gasteiger partial charge in [0.2, 0.25) is 0 Å². The molecule has 2 unspecified atom stereocenters. The Balaban J connectivity index is 1.31. The number of hydrogen-bond acceptors (Lipinski definition) is 3. The van der Waals surface area contributed by atoms with E-state index in [4.69, 9.17) is 0 Å². The molecule has 0 radical (unpaired) electrons. The van der Waals surface area contributed by atoms with Gasteiger partial charge in [-0.15, -0.1) is 0 Å². The average Bonchev–Trinajstić information content (AvgIpc) is 3.01. The first-order chi connectivity index (χ1) is 15.5. The zero-order valence-corrected chi connectivity index (χ0v) is 19.5. The van der Waals surface area contributed by atoms with E-state index in [1.165, 1.54) is 18.4 Å². The number of aliphatic imine (C=N–C) groups is 1. The highest BCUT2D eigenvalue weighted by Crippen LogP contribution is 2.36. The number of guanidine groups is 1. The van der Waals surface area contributed by atoms with E-state index >= 15 is 0 Å². The fraction of sp³-hybridized carbons (Fsp3) is 0.500. The van der Waals surface area contributed by atoms with E-state index in [1.807, 2.05) is 38.2 Å². The lowest BCUT2D eigenvalue weighted by Crippen LogP contribution is -2.52. The zero-order valence-electron chi connectivity index (χ0n) is 19.5. The molecule has 2 aromatic rings. The average molecular weight is 438 g/mol. The Labute approximate surface area is 191 Å². The normalized spacial score (nSPS) is 23.5. The molecule has 2 heterocycles. The summed E-state index contributed by atoms with van der Waals surface area (Å²) < 4.78 is 14.1. The largest absolute Gasteiger partial charge is 0.354 e. The molecule has 172 valence electrons. The second-order valence-electron chi connectivity index (χ2n) is 9.44. The summed E-state index contributed by atoms with van der Waals surface area (Å²) in [5.74, 6) is 0.673. The summed E-state index contributed by atoms with van der Waals surface area (Å²) in [6, 6.07) is 17.9. The number of halogens is 1. The molecular weight excluding hydrogens is 401 g/mol. The Kier molecular flexibility index (Phi) is 7.43. The lowest BCUT2D eigenvalue weighted by atomic mass is 9.96. The maximum atomic E-state index is 14.1. The lowest BCUT2D eigenvalue weighted by molar-refractivity contribution is 0.114. The minimum atomic E-state index is -0.150. The van der Waals surface area contributed by atoms with Gasteiger partial charge in [-0.05, 0) is 63.0 Å². The van der Waals surface area contributed by atoms with Gasteiger partial charge in [0.1, 0.15) is 5.82 Å². The number of nitrogens with zero attached hydrogens (tertiary/aromatic N) is 3. The van der Waals surface area contributed by atoms with Crippen LogP contribution in [0.5, 0.6) is 0 Å². The predicted molar refractivity (Wildman–Crippen MR) is 129 cm³/mol. The molecule has 0 aromatic heterocycles. The lowest BCUT2D eigenvalue weighted by Gasteiger charge is -2.39. The molecule has 2 saturated heterocycles. The van der Waals surface area contributed by atoms with Gasteiger partial charge in [-0.3, -0.25) is 9.89 Å². The molecule has 2 fully saturated rings. The minimum absolute atomic E-state index is 0.150. The number of piperidine rings is 1. The Morgan fingerprint density at radius 1 is 1.06 bits per heavy atom. The molecular formula is C26H36FN5. The first-order valence-corrected chi connectivity index (χ1v) is 11.7. The van der Waals surface area contributed by atoms with E-state index in [-0.39, 0.29) is 5.82 Å². The van der Waals surface area contributed by atoms with Gasteiger partial charge >= 0.3 is 0 Å². The molecule has 2 aliphatic rings. The van der Waals surface area contributed by atoms with Crippen molar-refractivity contribution in [2.45, 2.75) is 63.4 Å². The molecule has 2 aromatic carbocycles. The molecule has 2 N–H and O–H groups in total. The molecule has 0 aliphatic carbocycles. The highest BCUT2D eigenvalue weighted by Gasteiger charge is 2.40. The zero-order chi connectivity index (χ0) is 22.5. The SMILES string of the molecule is CN=C(NCc1ccc(F)c(CN(C)C)c1)NC1CC2CCC(C1)N2Cc1ccccc1. The first kappa shape index (κ1) is 22.7. The second-order valence-corrected chi connectivity index (χ2v) is 9.44. The second kappa shape index (κ2) is 10.5. The van der Waals surface area contributed by atoms with Crippen LogP contribution in [0.1, 0.15) is 42.4 Å². The fourth-order valence-electron chi connectivity index (χ4n) is 5.22. The van der Waals surface area contributed by atoms with E-state index in [1.54, 1.807) is 6.07 Å².